The first-order chi connectivity index (χ1) is 13.1. The highest BCUT2D eigenvalue weighted by atomic mass is 32.1. The van der Waals surface area contributed by atoms with Gasteiger partial charge in [0.2, 0.25) is 5.91 Å². The van der Waals surface area contributed by atoms with Crippen molar-refractivity contribution in [3.05, 3.63) is 57.8 Å². The third-order valence-corrected chi connectivity index (χ3v) is 5.58. The molecule has 0 aliphatic carbocycles. The van der Waals surface area contributed by atoms with Crippen LogP contribution >= 0.6 is 11.3 Å². The minimum absolute atomic E-state index is 0.00675. The Balaban J connectivity index is 1.53. The van der Waals surface area contributed by atoms with Gasteiger partial charge in [-0.25, -0.2) is 0 Å². The number of nitrogens with zero attached hydrogens (tertiary/aromatic N) is 1. The monoisotopic (exact) mass is 385 g/mol. The quantitative estimate of drug-likeness (QED) is 0.829. The summed E-state index contributed by atoms with van der Waals surface area (Å²) in [5.41, 5.74) is 1.51. The summed E-state index contributed by atoms with van der Waals surface area (Å²) in [5, 5.41) is 7.41. The number of hydrogen-bond acceptors (Lipinski definition) is 4. The third-order valence-electron chi connectivity index (χ3n) is 4.72. The number of nitrogens with one attached hydrogen (secondary N) is 2. The molecule has 1 aliphatic rings. The number of likely N-dealkylation sites (tertiary alicyclic amines) is 1. The van der Waals surface area contributed by atoms with Crippen LogP contribution in [0.5, 0.6) is 0 Å². The summed E-state index contributed by atoms with van der Waals surface area (Å²) in [4.78, 5) is 39.1. The predicted molar refractivity (Wildman–Crippen MR) is 105 cm³/mol. The predicted octanol–water partition coefficient (Wildman–Crippen LogP) is 2.28. The first-order valence-electron chi connectivity index (χ1n) is 9.00. The molecule has 1 aromatic heterocycles. The Hall–Kier alpha value is -2.67. The Labute approximate surface area is 162 Å². The smallest absolute Gasteiger partial charge is 0.263 e. The molecule has 1 aliphatic heterocycles. The van der Waals surface area contributed by atoms with E-state index in [-0.39, 0.29) is 23.6 Å². The largest absolute Gasteiger partial charge is 0.355 e. The van der Waals surface area contributed by atoms with E-state index in [0.717, 1.165) is 18.4 Å². The van der Waals surface area contributed by atoms with Crippen molar-refractivity contribution in [1.29, 1.82) is 0 Å². The maximum atomic E-state index is 12.5. The fraction of sp³-hybridized carbons (Fsp3) is 0.350. The van der Waals surface area contributed by atoms with Gasteiger partial charge in [0, 0.05) is 32.2 Å². The molecule has 142 valence electrons. The summed E-state index contributed by atoms with van der Waals surface area (Å²) in [7, 11) is 1.59. The Morgan fingerprint density at radius 2 is 1.96 bits per heavy atom. The molecule has 1 fully saturated rings. The van der Waals surface area contributed by atoms with Gasteiger partial charge in [0.25, 0.3) is 11.8 Å². The molecule has 3 rings (SSSR count). The van der Waals surface area contributed by atoms with Gasteiger partial charge >= 0.3 is 0 Å². The molecule has 27 heavy (non-hydrogen) atoms. The van der Waals surface area contributed by atoms with Crippen LogP contribution in [0.2, 0.25) is 0 Å². The van der Waals surface area contributed by atoms with E-state index in [0.29, 0.717) is 30.1 Å². The number of thiophene rings is 1. The molecule has 6 nitrogen and oxygen atoms in total. The van der Waals surface area contributed by atoms with Gasteiger partial charge < -0.3 is 15.5 Å². The van der Waals surface area contributed by atoms with Crippen LogP contribution in [0.15, 0.2) is 41.8 Å². The van der Waals surface area contributed by atoms with E-state index in [1.54, 1.807) is 24.1 Å². The molecular weight excluding hydrogens is 362 g/mol. The maximum Gasteiger partial charge on any atom is 0.263 e. The van der Waals surface area contributed by atoms with Gasteiger partial charge in [-0.15, -0.1) is 11.3 Å². The standard InChI is InChI=1S/C20H23N3O3S/c1-21-18(24)15-8-6-14(7-9-15)12-22-19(25)16-4-2-10-23(13-16)20(26)17-5-3-11-27-17/h3,5-9,11,16H,2,4,10,12-13H2,1H3,(H,21,24)(H,22,25). The molecule has 0 saturated carbocycles. The van der Waals surface area contributed by atoms with Crippen LogP contribution in [0, 0.1) is 5.92 Å². The summed E-state index contributed by atoms with van der Waals surface area (Å²) in [6, 6.07) is 10.8. The van der Waals surface area contributed by atoms with Crippen molar-refractivity contribution in [3.8, 4) is 0 Å². The highest BCUT2D eigenvalue weighted by Gasteiger charge is 2.29. The minimum Gasteiger partial charge on any atom is -0.355 e. The molecule has 1 saturated heterocycles. The van der Waals surface area contributed by atoms with Crippen molar-refractivity contribution in [2.75, 3.05) is 20.1 Å². The SMILES string of the molecule is CNC(=O)c1ccc(CNC(=O)C2CCCN(C(=O)c3cccs3)C2)cc1. The fourth-order valence-electron chi connectivity index (χ4n) is 3.18. The number of piperidine rings is 1. The van der Waals surface area contributed by atoms with Crippen LogP contribution in [0.3, 0.4) is 0 Å². The van der Waals surface area contributed by atoms with E-state index in [1.165, 1.54) is 11.3 Å². The maximum absolute atomic E-state index is 12.5. The van der Waals surface area contributed by atoms with Crippen LogP contribution in [-0.2, 0) is 11.3 Å². The molecule has 7 heteroatoms. The van der Waals surface area contributed by atoms with Crippen molar-refractivity contribution >= 4 is 29.1 Å². The van der Waals surface area contributed by atoms with Crippen LogP contribution in [0.25, 0.3) is 0 Å². The molecular formula is C20H23N3O3S. The van der Waals surface area contributed by atoms with Gasteiger partial charge in [-0.2, -0.15) is 0 Å². The van der Waals surface area contributed by atoms with E-state index in [4.69, 9.17) is 0 Å². The van der Waals surface area contributed by atoms with E-state index >= 15 is 0 Å². The Morgan fingerprint density at radius 1 is 1.19 bits per heavy atom. The van der Waals surface area contributed by atoms with Crippen LogP contribution in [0.1, 0.15) is 38.4 Å². The number of amides is 3. The number of hydrogen-bond donors (Lipinski definition) is 2. The lowest BCUT2D eigenvalue weighted by Gasteiger charge is -2.31. The summed E-state index contributed by atoms with van der Waals surface area (Å²) >= 11 is 1.43. The molecule has 0 bridgehead atoms. The molecule has 1 unspecified atom stereocenters. The lowest BCUT2D eigenvalue weighted by atomic mass is 9.97. The van der Waals surface area contributed by atoms with Crippen LogP contribution in [0.4, 0.5) is 0 Å². The van der Waals surface area contributed by atoms with Crippen molar-refractivity contribution in [2.24, 2.45) is 5.92 Å². The normalized spacial score (nSPS) is 16.6. The zero-order valence-electron chi connectivity index (χ0n) is 15.2. The van der Waals surface area contributed by atoms with Crippen molar-refractivity contribution in [3.63, 3.8) is 0 Å². The molecule has 1 aromatic carbocycles. The van der Waals surface area contributed by atoms with E-state index in [1.807, 2.05) is 29.6 Å². The highest BCUT2D eigenvalue weighted by Crippen LogP contribution is 2.21. The second-order valence-corrected chi connectivity index (χ2v) is 7.51. The van der Waals surface area contributed by atoms with Gasteiger partial charge in [-0.05, 0) is 42.0 Å². The number of rotatable bonds is 5. The highest BCUT2D eigenvalue weighted by molar-refractivity contribution is 7.12. The van der Waals surface area contributed by atoms with Gasteiger partial charge in [0.15, 0.2) is 0 Å². The summed E-state index contributed by atoms with van der Waals surface area (Å²) in [6.45, 7) is 1.56. The lowest BCUT2D eigenvalue weighted by Crippen LogP contribution is -2.45. The van der Waals surface area contributed by atoms with Crippen molar-refractivity contribution < 1.29 is 14.4 Å². The Morgan fingerprint density at radius 3 is 2.63 bits per heavy atom. The zero-order chi connectivity index (χ0) is 19.2. The fourth-order valence-corrected chi connectivity index (χ4v) is 3.87. The van der Waals surface area contributed by atoms with E-state index < -0.39 is 0 Å². The topological polar surface area (TPSA) is 78.5 Å². The van der Waals surface area contributed by atoms with Gasteiger partial charge in [-0.3, -0.25) is 14.4 Å². The number of carbonyl (C=O) groups is 3. The second-order valence-electron chi connectivity index (χ2n) is 6.56. The van der Waals surface area contributed by atoms with E-state index in [9.17, 15) is 14.4 Å². The lowest BCUT2D eigenvalue weighted by molar-refractivity contribution is -0.126. The van der Waals surface area contributed by atoms with Gasteiger partial charge in [-0.1, -0.05) is 18.2 Å². The van der Waals surface area contributed by atoms with Crippen LogP contribution in [-0.4, -0.2) is 42.8 Å². The van der Waals surface area contributed by atoms with Gasteiger partial charge in [0.05, 0.1) is 10.8 Å². The Bertz CT molecular complexity index is 802. The molecule has 0 radical (unpaired) electrons. The average Bonchev–Trinajstić information content (AvgIpc) is 3.26. The minimum atomic E-state index is -0.187. The molecule has 2 aromatic rings. The molecule has 0 spiro atoms. The number of benzene rings is 1. The molecule has 2 N–H and O–H groups in total. The first-order valence-corrected chi connectivity index (χ1v) is 9.88. The van der Waals surface area contributed by atoms with E-state index in [2.05, 4.69) is 10.6 Å². The second kappa shape index (κ2) is 8.81. The summed E-state index contributed by atoms with van der Waals surface area (Å²) < 4.78 is 0. The Kier molecular flexibility index (Phi) is 6.24. The zero-order valence-corrected chi connectivity index (χ0v) is 16.1. The molecule has 2 heterocycles. The molecule has 1 atom stereocenters. The van der Waals surface area contributed by atoms with Crippen molar-refractivity contribution in [1.82, 2.24) is 15.5 Å². The average molecular weight is 385 g/mol. The number of carbonyl (C=O) groups excluding carboxylic acids is 3. The molecule has 3 amide bonds. The summed E-state index contributed by atoms with van der Waals surface area (Å²) in [6.07, 6.45) is 1.62. The van der Waals surface area contributed by atoms with Crippen molar-refractivity contribution in [2.45, 2.75) is 19.4 Å². The summed E-state index contributed by atoms with van der Waals surface area (Å²) in [5.74, 6) is -0.350. The van der Waals surface area contributed by atoms with Gasteiger partial charge in [0.1, 0.15) is 0 Å². The first kappa shape index (κ1) is 19.1. The third kappa shape index (κ3) is 4.74. The van der Waals surface area contributed by atoms with Crippen LogP contribution < -0.4 is 10.6 Å².